The molecule has 0 radical (unpaired) electrons. The number of thiol groups is 1. The van der Waals surface area contributed by atoms with E-state index < -0.39 is 51.2 Å². The van der Waals surface area contributed by atoms with Crippen molar-refractivity contribution >= 4 is 10.7 Å². The fourth-order valence-corrected chi connectivity index (χ4v) is 2.57. The Morgan fingerprint density at radius 3 is 1.00 bits per heavy atom. The maximum absolute atomic E-state index is 13.4. The van der Waals surface area contributed by atoms with Crippen LogP contribution in [0.25, 0.3) is 0 Å². The van der Waals surface area contributed by atoms with Crippen molar-refractivity contribution in [1.29, 1.82) is 0 Å². The fraction of sp³-hybridized carbons (Fsp3) is 1.00. The summed E-state index contributed by atoms with van der Waals surface area (Å²) in [6.45, 7) is 0. The molecule has 0 atom stereocenters. The predicted molar refractivity (Wildman–Crippen MR) is 43.8 cm³/mol. The zero-order valence-corrected chi connectivity index (χ0v) is 10.6. The Labute approximate surface area is 118 Å². The van der Waals surface area contributed by atoms with Gasteiger partial charge in [-0.1, -0.05) is 0 Å². The van der Waals surface area contributed by atoms with E-state index in [0.717, 1.165) is 0 Å². The summed E-state index contributed by atoms with van der Waals surface area (Å²) < 4.78 is 188. The minimum absolute atomic E-state index is 6.23. The molecule has 1 aliphatic carbocycles. The van der Waals surface area contributed by atoms with Gasteiger partial charge in [0.15, 0.2) is 10.7 Å². The highest BCUT2D eigenvalue weighted by molar-refractivity contribution is 7.74. The van der Waals surface area contributed by atoms with Crippen LogP contribution in [-0.2, 0) is 10.7 Å². The molecule has 1 fully saturated rings. The minimum Gasteiger partial charge on any atom is -0.228 e. The summed E-state index contributed by atoms with van der Waals surface area (Å²) in [5.74, 6) is -31.2. The van der Waals surface area contributed by atoms with E-state index in [9.17, 15) is 65.5 Å². The fourth-order valence-electron chi connectivity index (χ4n) is 1.83. The lowest BCUT2D eigenvalue weighted by molar-refractivity contribution is -0.484. The lowest BCUT2D eigenvalue weighted by atomic mass is 9.72. The smallest absolute Gasteiger partial charge is 0.228 e. The topological polar surface area (TPSA) is 34.1 Å². The van der Waals surface area contributed by atoms with Gasteiger partial charge in [0.25, 0.3) is 0 Å². The summed E-state index contributed by atoms with van der Waals surface area (Å²) >= 11 is 0. The molecule has 0 spiro atoms. The van der Waals surface area contributed by atoms with Crippen molar-refractivity contribution in [2.24, 2.45) is 0 Å². The van der Waals surface area contributed by atoms with Gasteiger partial charge in [0.1, 0.15) is 0 Å². The molecule has 0 aromatic carbocycles. The maximum atomic E-state index is 13.4. The second-order valence-corrected chi connectivity index (χ2v) is 5.46. The van der Waals surface area contributed by atoms with Crippen LogP contribution >= 0.6 is 0 Å². The molecule has 23 heavy (non-hydrogen) atoms. The quantitative estimate of drug-likeness (QED) is 0.546. The van der Waals surface area contributed by atoms with Gasteiger partial charge in [-0.15, -0.1) is 0 Å². The van der Waals surface area contributed by atoms with Crippen molar-refractivity contribution in [3.05, 3.63) is 0 Å². The lowest BCUT2D eigenvalue weighted by Crippen LogP contribution is -2.88. The van der Waals surface area contributed by atoms with E-state index in [-0.39, 0.29) is 0 Å². The van der Waals surface area contributed by atoms with Crippen molar-refractivity contribution in [2.45, 2.75) is 40.5 Å². The van der Waals surface area contributed by atoms with Gasteiger partial charge in [0, 0.05) is 0 Å². The normalized spacial score (nSPS) is 38.5. The average molecular weight is 396 g/mol. The van der Waals surface area contributed by atoms with E-state index in [1.807, 2.05) is 0 Å². The largest absolute Gasteiger partial charge is 0.435 e. The zero-order chi connectivity index (χ0) is 19.1. The first-order valence-electron chi connectivity index (χ1n) is 4.80. The molecule has 0 amide bonds. The standard InChI is InChI=1S/C7HF13O2S/c8-1(7(18,19)20)2(9,10)4(13,14)6(17,23(21)22)5(15,16)3(1,11)12/h23H. The summed E-state index contributed by atoms with van der Waals surface area (Å²) in [6, 6.07) is 0. The highest BCUT2D eigenvalue weighted by Crippen LogP contribution is 2.72. The van der Waals surface area contributed by atoms with E-state index in [4.69, 9.17) is 0 Å². The summed E-state index contributed by atoms with van der Waals surface area (Å²) in [4.78, 5) is 0. The summed E-state index contributed by atoms with van der Waals surface area (Å²) in [5, 5.41) is -7.19. The van der Waals surface area contributed by atoms with Crippen molar-refractivity contribution in [3.8, 4) is 0 Å². The van der Waals surface area contributed by atoms with Crippen LogP contribution in [-0.4, -0.2) is 49.0 Å². The van der Waals surface area contributed by atoms with Gasteiger partial charge in [0.2, 0.25) is 0 Å². The summed E-state index contributed by atoms with van der Waals surface area (Å²) in [6.07, 6.45) is -7.75. The number of halogens is 13. The molecule has 0 bridgehead atoms. The van der Waals surface area contributed by atoms with Crippen LogP contribution in [0.15, 0.2) is 0 Å². The van der Waals surface area contributed by atoms with Crippen LogP contribution in [0.3, 0.4) is 0 Å². The Bertz CT molecular complexity index is 552. The van der Waals surface area contributed by atoms with E-state index in [1.165, 1.54) is 0 Å². The van der Waals surface area contributed by atoms with Crippen LogP contribution in [0.5, 0.6) is 0 Å². The molecule has 16 heteroatoms. The van der Waals surface area contributed by atoms with Gasteiger partial charge in [-0.05, 0) is 0 Å². The van der Waals surface area contributed by atoms with Gasteiger partial charge in [-0.3, -0.25) is 0 Å². The molecular formula is C7HF13O2S. The molecule has 2 nitrogen and oxygen atoms in total. The summed E-state index contributed by atoms with van der Waals surface area (Å²) in [7, 11) is -6.23. The van der Waals surface area contributed by atoms with Gasteiger partial charge < -0.3 is 0 Å². The molecule has 0 aliphatic heterocycles. The van der Waals surface area contributed by atoms with E-state index in [1.54, 1.807) is 0 Å². The molecule has 1 rings (SSSR count). The van der Waals surface area contributed by atoms with E-state index >= 15 is 0 Å². The molecule has 0 aromatic rings. The molecule has 0 saturated heterocycles. The summed E-state index contributed by atoms with van der Waals surface area (Å²) in [5.41, 5.74) is -7.96. The molecule has 1 aliphatic rings. The Hall–Kier alpha value is -0.960. The minimum atomic E-state index is -7.96. The number of hydrogen-bond donors (Lipinski definition) is 1. The third-order valence-electron chi connectivity index (χ3n) is 3.13. The number of rotatable bonds is 1. The van der Waals surface area contributed by atoms with Gasteiger partial charge >= 0.3 is 40.5 Å². The zero-order valence-electron chi connectivity index (χ0n) is 9.68. The van der Waals surface area contributed by atoms with E-state index in [2.05, 4.69) is 0 Å². The Kier molecular flexibility index (Phi) is 3.80. The predicted octanol–water partition coefficient (Wildman–Crippen LogP) is 3.09. The van der Waals surface area contributed by atoms with Crippen molar-refractivity contribution in [3.63, 3.8) is 0 Å². The second-order valence-electron chi connectivity index (χ2n) is 4.33. The highest BCUT2D eigenvalue weighted by atomic mass is 32.2. The first-order chi connectivity index (χ1) is 9.69. The van der Waals surface area contributed by atoms with Crippen LogP contribution in [0, 0.1) is 0 Å². The molecule has 0 unspecified atom stereocenters. The van der Waals surface area contributed by atoms with Crippen LogP contribution in [0.2, 0.25) is 0 Å². The average Bonchev–Trinajstić information content (AvgIpc) is 2.32. The Morgan fingerprint density at radius 1 is 0.565 bits per heavy atom. The third kappa shape index (κ3) is 1.65. The monoisotopic (exact) mass is 396 g/mol. The highest BCUT2D eigenvalue weighted by Gasteiger charge is 3.05. The number of alkyl halides is 13. The first-order valence-corrected chi connectivity index (χ1v) is 5.97. The van der Waals surface area contributed by atoms with Gasteiger partial charge in [0.05, 0.1) is 0 Å². The van der Waals surface area contributed by atoms with Crippen molar-refractivity contribution in [1.82, 2.24) is 0 Å². The van der Waals surface area contributed by atoms with Crippen LogP contribution in [0.1, 0.15) is 0 Å². The van der Waals surface area contributed by atoms with Crippen molar-refractivity contribution < 1.29 is 65.5 Å². The van der Waals surface area contributed by atoms with Crippen LogP contribution in [0.4, 0.5) is 57.1 Å². The molecule has 0 heterocycles. The SMILES string of the molecule is O=[SH](=O)C1(F)C(F)(F)C(F)(F)C(F)(C(F)(F)F)C(F)(F)C1(F)F. The van der Waals surface area contributed by atoms with Gasteiger partial charge in [-0.2, -0.15) is 48.3 Å². The molecule has 0 aromatic heterocycles. The van der Waals surface area contributed by atoms with Gasteiger partial charge in [-0.25, -0.2) is 17.2 Å². The molecular weight excluding hydrogens is 395 g/mol. The first kappa shape index (κ1) is 20.1. The van der Waals surface area contributed by atoms with Crippen LogP contribution < -0.4 is 0 Å². The Balaban J connectivity index is 4.10. The maximum Gasteiger partial charge on any atom is 0.435 e. The molecule has 138 valence electrons. The number of hydrogen-bond acceptors (Lipinski definition) is 2. The lowest BCUT2D eigenvalue weighted by Gasteiger charge is -2.53. The third-order valence-corrected chi connectivity index (χ3v) is 4.19. The van der Waals surface area contributed by atoms with E-state index in [0.29, 0.717) is 0 Å². The second kappa shape index (κ2) is 4.36. The molecule has 0 N–H and O–H groups in total. The molecule has 1 saturated carbocycles. The Morgan fingerprint density at radius 2 is 0.826 bits per heavy atom. The van der Waals surface area contributed by atoms with Crippen molar-refractivity contribution in [2.75, 3.05) is 0 Å².